The first kappa shape index (κ1) is 24.6. The fourth-order valence-electron chi connectivity index (χ4n) is 2.69. The second kappa shape index (κ2) is 11.6. The van der Waals surface area contributed by atoms with Crippen molar-refractivity contribution in [2.75, 3.05) is 13.2 Å². The summed E-state index contributed by atoms with van der Waals surface area (Å²) in [6, 6.07) is 14.8. The summed E-state index contributed by atoms with van der Waals surface area (Å²) in [5, 5.41) is 0. The van der Waals surface area contributed by atoms with E-state index in [4.69, 9.17) is 14.2 Å². The summed E-state index contributed by atoms with van der Waals surface area (Å²) in [5.41, 5.74) is 3.41. The van der Waals surface area contributed by atoms with Gasteiger partial charge in [0, 0.05) is 17.6 Å². The van der Waals surface area contributed by atoms with Crippen LogP contribution in [0.5, 0.6) is 5.75 Å². The maximum Gasteiger partial charge on any atom is 0.338 e. The van der Waals surface area contributed by atoms with E-state index in [0.717, 1.165) is 16.7 Å². The quantitative estimate of drug-likeness (QED) is 0.297. The third kappa shape index (κ3) is 7.23. The molecule has 1 atom stereocenters. The van der Waals surface area contributed by atoms with Crippen LogP contribution in [-0.2, 0) is 23.9 Å². The van der Waals surface area contributed by atoms with Crippen molar-refractivity contribution in [3.63, 3.8) is 0 Å². The lowest BCUT2D eigenvalue weighted by Crippen LogP contribution is -2.19. The van der Waals surface area contributed by atoms with Crippen LogP contribution in [0.15, 0.2) is 72.8 Å². The molecule has 0 saturated heterocycles. The Bertz CT molecular complexity index is 986. The molecule has 0 radical (unpaired) electrons. The molecule has 0 N–H and O–H groups in total. The van der Waals surface area contributed by atoms with Gasteiger partial charge in [-0.2, -0.15) is 0 Å². The molecule has 0 aliphatic heterocycles. The predicted molar refractivity (Wildman–Crippen MR) is 122 cm³/mol. The minimum Gasteiger partial charge on any atom is -0.465 e. The van der Waals surface area contributed by atoms with Crippen LogP contribution in [0.25, 0.3) is 11.1 Å². The molecule has 6 nitrogen and oxygen atoms in total. The molecule has 0 heterocycles. The summed E-state index contributed by atoms with van der Waals surface area (Å²) in [6.07, 6.45) is 0.273. The third-order valence-electron chi connectivity index (χ3n) is 4.63. The molecule has 2 rings (SSSR count). The minimum absolute atomic E-state index is 0.0742. The molecular formula is C26H28O6. The van der Waals surface area contributed by atoms with Gasteiger partial charge in [0.15, 0.2) is 0 Å². The Labute approximate surface area is 188 Å². The van der Waals surface area contributed by atoms with Crippen molar-refractivity contribution in [1.82, 2.24) is 0 Å². The van der Waals surface area contributed by atoms with Gasteiger partial charge in [-0.1, -0.05) is 56.5 Å². The highest BCUT2D eigenvalue weighted by Gasteiger charge is 2.17. The number of carbonyl (C=O) groups excluding carboxylic acids is 3. The van der Waals surface area contributed by atoms with Gasteiger partial charge in [-0.3, -0.25) is 4.79 Å². The molecular weight excluding hydrogens is 408 g/mol. The van der Waals surface area contributed by atoms with Gasteiger partial charge in [-0.25, -0.2) is 9.59 Å². The highest BCUT2D eigenvalue weighted by molar-refractivity contribution is 5.89. The fourth-order valence-corrected chi connectivity index (χ4v) is 2.69. The van der Waals surface area contributed by atoms with Crippen molar-refractivity contribution in [1.29, 1.82) is 0 Å². The Hall–Kier alpha value is -3.67. The van der Waals surface area contributed by atoms with Crippen LogP contribution in [0, 0.1) is 0 Å². The van der Waals surface area contributed by atoms with Gasteiger partial charge >= 0.3 is 17.9 Å². The van der Waals surface area contributed by atoms with E-state index in [0.29, 0.717) is 16.9 Å². The third-order valence-corrected chi connectivity index (χ3v) is 4.63. The largest absolute Gasteiger partial charge is 0.465 e. The van der Waals surface area contributed by atoms with Crippen LogP contribution in [0.3, 0.4) is 0 Å². The lowest BCUT2D eigenvalue weighted by Gasteiger charge is -2.18. The van der Waals surface area contributed by atoms with Crippen molar-refractivity contribution in [2.45, 2.75) is 33.1 Å². The van der Waals surface area contributed by atoms with Gasteiger partial charge in [0.1, 0.15) is 19.0 Å². The van der Waals surface area contributed by atoms with Crippen molar-refractivity contribution in [3.05, 3.63) is 78.4 Å². The van der Waals surface area contributed by atoms with E-state index in [-0.39, 0.29) is 31.5 Å². The number of hydrogen-bond acceptors (Lipinski definition) is 6. The summed E-state index contributed by atoms with van der Waals surface area (Å²) in [4.78, 5) is 35.0. The van der Waals surface area contributed by atoms with Crippen LogP contribution in [-0.4, -0.2) is 31.1 Å². The van der Waals surface area contributed by atoms with Crippen LogP contribution in [0.1, 0.15) is 38.7 Å². The number of hydrogen-bond donors (Lipinski definition) is 0. The molecule has 0 aliphatic carbocycles. The van der Waals surface area contributed by atoms with Crippen molar-refractivity contribution >= 4 is 17.9 Å². The normalized spacial score (nSPS) is 11.2. The highest BCUT2D eigenvalue weighted by atomic mass is 16.5. The second-order valence-electron chi connectivity index (χ2n) is 7.43. The molecule has 0 aromatic heterocycles. The Morgan fingerprint density at radius 2 is 1.28 bits per heavy atom. The number of ether oxygens (including phenoxy) is 3. The lowest BCUT2D eigenvalue weighted by molar-refractivity contribution is -0.145. The zero-order valence-electron chi connectivity index (χ0n) is 18.7. The number of esters is 3. The van der Waals surface area contributed by atoms with Crippen LogP contribution < -0.4 is 4.74 Å². The molecule has 2 aromatic carbocycles. The second-order valence-corrected chi connectivity index (χ2v) is 7.43. The van der Waals surface area contributed by atoms with Crippen LogP contribution >= 0.6 is 0 Å². The molecule has 0 saturated carbocycles. The molecule has 168 valence electrons. The lowest BCUT2D eigenvalue weighted by atomic mass is 9.97. The standard InChI is InChI=1S/C26H28O6/c1-6-24(27)30-15-22(16-31-25(28)17(2)3)21-9-7-19(8-10-21)20-11-13-23(14-12-20)32-26(29)18(4)5/h7-14,22H,2,4,6,15-16H2,1,3,5H3. The summed E-state index contributed by atoms with van der Waals surface area (Å²) < 4.78 is 15.8. The molecule has 32 heavy (non-hydrogen) atoms. The van der Waals surface area contributed by atoms with Crippen LogP contribution in [0.4, 0.5) is 0 Å². The Kier molecular flexibility index (Phi) is 8.95. The smallest absolute Gasteiger partial charge is 0.338 e. The maximum absolute atomic E-state index is 11.8. The number of rotatable bonds is 10. The van der Waals surface area contributed by atoms with Gasteiger partial charge in [-0.05, 0) is 42.7 Å². The molecule has 0 spiro atoms. The van der Waals surface area contributed by atoms with E-state index in [1.165, 1.54) is 0 Å². The average Bonchev–Trinajstić information content (AvgIpc) is 2.79. The Balaban J connectivity index is 2.13. The first-order chi connectivity index (χ1) is 15.2. The summed E-state index contributed by atoms with van der Waals surface area (Å²) >= 11 is 0. The summed E-state index contributed by atoms with van der Waals surface area (Å²) in [7, 11) is 0. The molecule has 1 unspecified atom stereocenters. The zero-order valence-corrected chi connectivity index (χ0v) is 18.7. The summed E-state index contributed by atoms with van der Waals surface area (Å²) in [5.74, 6) is -1.13. The molecule has 0 bridgehead atoms. The number of carbonyl (C=O) groups is 3. The molecule has 0 fully saturated rings. The summed E-state index contributed by atoms with van der Waals surface area (Å²) in [6.45, 7) is 12.2. The Morgan fingerprint density at radius 3 is 1.78 bits per heavy atom. The van der Waals surface area contributed by atoms with E-state index in [1.54, 1.807) is 32.9 Å². The Morgan fingerprint density at radius 1 is 0.781 bits per heavy atom. The molecule has 0 amide bonds. The molecule has 6 heteroatoms. The van der Waals surface area contributed by atoms with E-state index in [1.807, 2.05) is 36.4 Å². The van der Waals surface area contributed by atoms with Gasteiger partial charge in [-0.15, -0.1) is 0 Å². The highest BCUT2D eigenvalue weighted by Crippen LogP contribution is 2.26. The zero-order chi connectivity index (χ0) is 23.7. The first-order valence-electron chi connectivity index (χ1n) is 10.3. The van der Waals surface area contributed by atoms with E-state index in [9.17, 15) is 14.4 Å². The van der Waals surface area contributed by atoms with E-state index >= 15 is 0 Å². The van der Waals surface area contributed by atoms with Gasteiger partial charge < -0.3 is 14.2 Å². The number of benzene rings is 2. The SMILES string of the molecule is C=C(C)C(=O)OCC(COC(=O)CC)c1ccc(-c2ccc(OC(=O)C(=C)C)cc2)cc1. The van der Waals surface area contributed by atoms with Crippen molar-refractivity contribution in [3.8, 4) is 16.9 Å². The molecule has 2 aromatic rings. The first-order valence-corrected chi connectivity index (χ1v) is 10.3. The van der Waals surface area contributed by atoms with Gasteiger partial charge in [0.2, 0.25) is 0 Å². The van der Waals surface area contributed by atoms with E-state index in [2.05, 4.69) is 13.2 Å². The minimum atomic E-state index is -0.485. The monoisotopic (exact) mass is 436 g/mol. The fraction of sp³-hybridized carbons (Fsp3) is 0.269. The predicted octanol–water partition coefficient (Wildman–Crippen LogP) is 4.99. The van der Waals surface area contributed by atoms with Crippen molar-refractivity contribution < 1.29 is 28.6 Å². The van der Waals surface area contributed by atoms with Gasteiger partial charge in [0.05, 0.1) is 5.92 Å². The van der Waals surface area contributed by atoms with E-state index < -0.39 is 11.9 Å². The average molecular weight is 437 g/mol. The van der Waals surface area contributed by atoms with Crippen LogP contribution in [0.2, 0.25) is 0 Å². The molecule has 0 aliphatic rings. The topological polar surface area (TPSA) is 78.9 Å². The van der Waals surface area contributed by atoms with Gasteiger partial charge in [0.25, 0.3) is 0 Å². The van der Waals surface area contributed by atoms with Crippen molar-refractivity contribution in [2.24, 2.45) is 0 Å². The maximum atomic E-state index is 11.8.